The van der Waals surface area contributed by atoms with E-state index < -0.39 is 11.7 Å². The summed E-state index contributed by atoms with van der Waals surface area (Å²) in [7, 11) is 0. The second kappa shape index (κ2) is 5.22. The molecule has 18 heavy (non-hydrogen) atoms. The topological polar surface area (TPSA) is 38.1 Å². The summed E-state index contributed by atoms with van der Waals surface area (Å²) in [5.41, 5.74) is -0.0641. The lowest BCUT2D eigenvalue weighted by atomic mass is 10.1. The van der Waals surface area contributed by atoms with Gasteiger partial charge in [-0.1, -0.05) is 18.2 Å². The summed E-state index contributed by atoms with van der Waals surface area (Å²) in [4.78, 5) is 3.74. The first-order valence-corrected chi connectivity index (χ1v) is 5.30. The molecule has 0 saturated heterocycles. The van der Waals surface area contributed by atoms with Gasteiger partial charge in [0.1, 0.15) is 5.76 Å². The van der Waals surface area contributed by atoms with Crippen LogP contribution in [0.5, 0.6) is 0 Å². The van der Waals surface area contributed by atoms with Crippen LogP contribution in [0.25, 0.3) is 0 Å². The van der Waals surface area contributed by atoms with Crippen LogP contribution in [0.4, 0.5) is 13.2 Å². The zero-order chi connectivity index (χ0) is 13.0. The van der Waals surface area contributed by atoms with Gasteiger partial charge in [0.15, 0.2) is 6.39 Å². The molecular weight excluding hydrogens is 245 g/mol. The highest BCUT2D eigenvalue weighted by Crippen LogP contribution is 2.29. The van der Waals surface area contributed by atoms with Crippen molar-refractivity contribution in [2.24, 2.45) is 0 Å². The second-order valence-corrected chi connectivity index (χ2v) is 3.77. The Kier molecular flexibility index (Phi) is 3.66. The van der Waals surface area contributed by atoms with E-state index in [1.165, 1.54) is 12.5 Å². The summed E-state index contributed by atoms with van der Waals surface area (Å²) in [6.45, 7) is 0.765. The summed E-state index contributed by atoms with van der Waals surface area (Å²) in [6.07, 6.45) is -1.44. The lowest BCUT2D eigenvalue weighted by Crippen LogP contribution is -2.13. The van der Waals surface area contributed by atoms with Gasteiger partial charge in [0, 0.05) is 6.54 Å². The quantitative estimate of drug-likeness (QED) is 0.913. The highest BCUT2D eigenvalue weighted by atomic mass is 19.4. The van der Waals surface area contributed by atoms with Crippen LogP contribution in [0.2, 0.25) is 0 Å². The van der Waals surface area contributed by atoms with Gasteiger partial charge in [-0.3, -0.25) is 0 Å². The smallest absolute Gasteiger partial charge is 0.416 e. The van der Waals surface area contributed by atoms with Crippen LogP contribution in [0.15, 0.2) is 41.3 Å². The number of nitrogens with one attached hydrogen (secondary N) is 1. The van der Waals surface area contributed by atoms with Gasteiger partial charge < -0.3 is 9.73 Å². The van der Waals surface area contributed by atoms with E-state index in [2.05, 4.69) is 10.3 Å². The molecule has 0 aliphatic carbocycles. The summed E-state index contributed by atoms with van der Waals surface area (Å²) in [6, 6.07) is 5.23. The third-order valence-corrected chi connectivity index (χ3v) is 2.37. The molecule has 0 radical (unpaired) electrons. The van der Waals surface area contributed by atoms with E-state index in [9.17, 15) is 13.2 Å². The average molecular weight is 256 g/mol. The third-order valence-electron chi connectivity index (χ3n) is 2.37. The number of nitrogens with zero attached hydrogens (tertiary/aromatic N) is 1. The molecule has 0 saturated carbocycles. The van der Waals surface area contributed by atoms with Gasteiger partial charge in [-0.05, 0) is 11.6 Å². The predicted octanol–water partition coefficient (Wildman–Crippen LogP) is 2.98. The number of hydrogen-bond donors (Lipinski definition) is 1. The molecule has 2 rings (SSSR count). The zero-order valence-corrected chi connectivity index (χ0v) is 9.37. The van der Waals surface area contributed by atoms with Crippen molar-refractivity contribution < 1.29 is 17.6 Å². The van der Waals surface area contributed by atoms with Crippen LogP contribution in [0.1, 0.15) is 16.9 Å². The van der Waals surface area contributed by atoms with Crippen molar-refractivity contribution in [1.29, 1.82) is 0 Å². The van der Waals surface area contributed by atoms with Crippen LogP contribution < -0.4 is 5.32 Å². The van der Waals surface area contributed by atoms with Crippen molar-refractivity contribution in [3.05, 3.63) is 53.7 Å². The fourth-order valence-electron chi connectivity index (χ4n) is 1.52. The molecule has 6 heteroatoms. The Hall–Kier alpha value is -1.82. The van der Waals surface area contributed by atoms with Crippen molar-refractivity contribution in [2.75, 3.05) is 0 Å². The minimum absolute atomic E-state index is 0.338. The van der Waals surface area contributed by atoms with Crippen molar-refractivity contribution in [3.8, 4) is 0 Å². The number of aromatic nitrogens is 1. The molecule has 1 heterocycles. The second-order valence-electron chi connectivity index (χ2n) is 3.77. The minimum Gasteiger partial charge on any atom is -0.447 e. The highest BCUT2D eigenvalue weighted by Gasteiger charge is 2.30. The first-order valence-electron chi connectivity index (χ1n) is 5.30. The summed E-state index contributed by atoms with van der Waals surface area (Å²) >= 11 is 0. The number of rotatable bonds is 4. The van der Waals surface area contributed by atoms with Crippen molar-refractivity contribution in [2.45, 2.75) is 19.3 Å². The zero-order valence-electron chi connectivity index (χ0n) is 9.37. The first kappa shape index (κ1) is 12.6. The van der Waals surface area contributed by atoms with Crippen molar-refractivity contribution >= 4 is 0 Å². The maximum Gasteiger partial charge on any atom is 0.416 e. The molecule has 0 aliphatic rings. The van der Waals surface area contributed by atoms with E-state index in [1.807, 2.05) is 0 Å². The van der Waals surface area contributed by atoms with E-state index >= 15 is 0 Å². The molecule has 0 bridgehead atoms. The van der Waals surface area contributed by atoms with Crippen molar-refractivity contribution in [1.82, 2.24) is 10.3 Å². The number of benzene rings is 1. The van der Waals surface area contributed by atoms with Gasteiger partial charge in [-0.15, -0.1) is 0 Å². The lowest BCUT2D eigenvalue weighted by molar-refractivity contribution is -0.137. The maximum atomic E-state index is 12.5. The van der Waals surface area contributed by atoms with E-state index in [1.54, 1.807) is 12.3 Å². The van der Waals surface area contributed by atoms with Crippen LogP contribution in [-0.2, 0) is 19.3 Å². The first-order chi connectivity index (χ1) is 8.55. The third kappa shape index (κ3) is 3.33. The Labute approximate surface area is 102 Å². The Morgan fingerprint density at radius 1 is 1.22 bits per heavy atom. The maximum absolute atomic E-state index is 12.5. The van der Waals surface area contributed by atoms with E-state index in [0.717, 1.165) is 12.1 Å². The van der Waals surface area contributed by atoms with Crippen LogP contribution in [-0.4, -0.2) is 4.98 Å². The molecule has 3 nitrogen and oxygen atoms in total. The van der Waals surface area contributed by atoms with Gasteiger partial charge in [0.05, 0.1) is 18.3 Å². The molecule has 0 spiro atoms. The molecule has 96 valence electrons. The number of halogens is 3. The fourth-order valence-corrected chi connectivity index (χ4v) is 1.52. The SMILES string of the molecule is FC(F)(F)c1cccc(CNCc2cnco2)c1. The molecular formula is C12H11F3N2O. The van der Waals surface area contributed by atoms with Crippen molar-refractivity contribution in [3.63, 3.8) is 0 Å². The van der Waals surface area contributed by atoms with Gasteiger partial charge in [-0.2, -0.15) is 13.2 Å². The predicted molar refractivity (Wildman–Crippen MR) is 58.5 cm³/mol. The van der Waals surface area contributed by atoms with Gasteiger partial charge in [0.25, 0.3) is 0 Å². The van der Waals surface area contributed by atoms with Gasteiger partial charge in [-0.25, -0.2) is 4.98 Å². The number of alkyl halides is 3. The van der Waals surface area contributed by atoms with Crippen LogP contribution in [0, 0.1) is 0 Å². The monoisotopic (exact) mass is 256 g/mol. The molecule has 1 N–H and O–H groups in total. The molecule has 2 aromatic rings. The number of oxazole rings is 1. The van der Waals surface area contributed by atoms with E-state index in [0.29, 0.717) is 24.4 Å². The van der Waals surface area contributed by atoms with E-state index in [-0.39, 0.29) is 0 Å². The summed E-state index contributed by atoms with van der Waals surface area (Å²) in [5.74, 6) is 0.641. The Balaban J connectivity index is 1.93. The molecule has 0 fully saturated rings. The molecule has 0 unspecified atom stereocenters. The number of hydrogen-bond acceptors (Lipinski definition) is 3. The normalized spacial score (nSPS) is 11.7. The molecule has 0 amide bonds. The molecule has 1 aromatic carbocycles. The van der Waals surface area contributed by atoms with Gasteiger partial charge >= 0.3 is 6.18 Å². The molecule has 0 atom stereocenters. The highest BCUT2D eigenvalue weighted by molar-refractivity contribution is 5.25. The largest absolute Gasteiger partial charge is 0.447 e. The Morgan fingerprint density at radius 3 is 2.72 bits per heavy atom. The minimum atomic E-state index is -4.30. The lowest BCUT2D eigenvalue weighted by Gasteiger charge is -2.09. The Morgan fingerprint density at radius 2 is 2.06 bits per heavy atom. The standard InChI is InChI=1S/C12H11F3N2O/c13-12(14,15)10-3-1-2-9(4-10)5-16-6-11-7-17-8-18-11/h1-4,7-8,16H,5-6H2. The van der Waals surface area contributed by atoms with E-state index in [4.69, 9.17) is 4.42 Å². The molecule has 0 aliphatic heterocycles. The average Bonchev–Trinajstić information content (AvgIpc) is 2.81. The summed E-state index contributed by atoms with van der Waals surface area (Å²) in [5, 5.41) is 2.98. The molecule has 1 aromatic heterocycles. The Bertz CT molecular complexity index is 494. The van der Waals surface area contributed by atoms with Crippen LogP contribution >= 0.6 is 0 Å². The summed E-state index contributed by atoms with van der Waals surface area (Å²) < 4.78 is 42.4. The van der Waals surface area contributed by atoms with Crippen LogP contribution in [0.3, 0.4) is 0 Å². The fraction of sp³-hybridized carbons (Fsp3) is 0.250. The van der Waals surface area contributed by atoms with Gasteiger partial charge in [0.2, 0.25) is 0 Å².